The van der Waals surface area contributed by atoms with Crippen LogP contribution in [0.15, 0.2) is 24.3 Å². The van der Waals surface area contributed by atoms with Gasteiger partial charge in [-0.05, 0) is 118 Å². The van der Waals surface area contributed by atoms with Crippen molar-refractivity contribution < 1.29 is 111 Å². The molecule has 0 aromatic heterocycles. The zero-order valence-electron chi connectivity index (χ0n) is 58.2. The number of benzene rings is 1. The van der Waals surface area contributed by atoms with Gasteiger partial charge in [0.05, 0.1) is 11.8 Å². The van der Waals surface area contributed by atoms with E-state index in [0.29, 0.717) is 62.1 Å². The van der Waals surface area contributed by atoms with Crippen molar-refractivity contribution in [2.45, 2.75) is 198 Å². The SMILES string of the molecule is CC(=O)N[C@@H](CSC1CC(=O)N(CCCCCC(=O)NCCCC(O)(P(=O)(O)O)P(=O)(O)O)C1=O)C(=O)N1CCC[C@H]1C(=O)N[C@@H](CC(C)C)C(=O)NCC(=O)N[C@@H](CC(C)C)C(=O)N[C@@H](Cc1ccc(O)cc1)C(=O)N[C@@H](C)C(=O)N[C@@H](CC(C)C)C(=O)NCCCNCCSP(=O)(O)O. The van der Waals surface area contributed by atoms with E-state index in [9.17, 15) is 101 Å². The molecule has 18 N–H and O–H groups in total. The molecule has 0 aliphatic carbocycles. The van der Waals surface area contributed by atoms with Crippen molar-refractivity contribution >= 4 is 116 Å². The molecule has 2 saturated heterocycles. The molecule has 40 heteroatoms. The number of rotatable bonds is 46. The molecule has 0 saturated carbocycles. The number of phenolic OH excluding ortho intramolecular Hbond substituents is 1. The molecule has 1 aromatic rings. The second kappa shape index (κ2) is 42.6. The van der Waals surface area contributed by atoms with E-state index < -0.39 is 158 Å². The molecular weight excluding hydrogens is 1430 g/mol. The van der Waals surface area contributed by atoms with E-state index in [1.807, 2.05) is 13.8 Å². The maximum absolute atomic E-state index is 14.3. The highest BCUT2D eigenvalue weighted by atomic mass is 32.7. The van der Waals surface area contributed by atoms with Crippen LogP contribution in [0.2, 0.25) is 0 Å². The molecule has 3 rings (SSSR count). The number of aliphatic hydroxyl groups is 1. The molecule has 572 valence electrons. The number of imide groups is 1. The van der Waals surface area contributed by atoms with Crippen LogP contribution in [-0.2, 0) is 77.7 Å². The largest absolute Gasteiger partial charge is 0.508 e. The summed E-state index contributed by atoms with van der Waals surface area (Å²) in [6.45, 7) is 9.35. The fourth-order valence-corrected chi connectivity index (χ4v) is 15.7. The zero-order chi connectivity index (χ0) is 76.2. The van der Waals surface area contributed by atoms with Gasteiger partial charge in [0.25, 0.3) is 5.08 Å². The number of likely N-dealkylation sites (tertiary alicyclic amines) is 2. The van der Waals surface area contributed by atoms with E-state index >= 15 is 0 Å². The molecule has 12 amide bonds. The third kappa shape index (κ3) is 31.8. The van der Waals surface area contributed by atoms with Gasteiger partial charge in [0.2, 0.25) is 70.9 Å². The van der Waals surface area contributed by atoms with Gasteiger partial charge in [0.15, 0.2) is 0 Å². The normalized spacial score (nSPS) is 17.0. The Morgan fingerprint density at radius 2 is 1.18 bits per heavy atom. The number of unbranched alkanes of at least 4 members (excludes halogenated alkanes) is 2. The summed E-state index contributed by atoms with van der Waals surface area (Å²) in [5.41, 5.74) is 0.492. The first-order chi connectivity index (χ1) is 47.0. The Kier molecular flexibility index (Phi) is 37.6. The van der Waals surface area contributed by atoms with E-state index in [0.717, 1.165) is 16.7 Å². The van der Waals surface area contributed by atoms with Crippen LogP contribution in [0, 0.1) is 17.8 Å². The summed E-state index contributed by atoms with van der Waals surface area (Å²) in [5, 5.41) is 42.1. The van der Waals surface area contributed by atoms with Crippen LogP contribution in [0.3, 0.4) is 0 Å². The Labute approximate surface area is 595 Å². The van der Waals surface area contributed by atoms with Gasteiger partial charge in [-0.15, -0.1) is 11.8 Å². The Balaban J connectivity index is 1.62. The third-order valence-corrected chi connectivity index (χ3v) is 23.5. The average Bonchev–Trinajstić information content (AvgIpc) is 1.46. The molecule has 1 unspecified atom stereocenters. The molecule has 0 spiro atoms. The second-order valence-corrected chi connectivity index (χ2v) is 35.3. The number of hydrogen-bond acceptors (Lipinski definition) is 20. The number of carbonyl (C=O) groups excluding carboxylic acids is 12. The lowest BCUT2D eigenvalue weighted by molar-refractivity contribution is -0.141. The van der Waals surface area contributed by atoms with Crippen LogP contribution in [0.5, 0.6) is 5.75 Å². The van der Waals surface area contributed by atoms with E-state index in [-0.39, 0.29) is 113 Å². The number of nitrogens with one attached hydrogen (secondary N) is 10. The molecule has 2 aliphatic rings. The van der Waals surface area contributed by atoms with Crippen molar-refractivity contribution in [2.24, 2.45) is 17.8 Å². The van der Waals surface area contributed by atoms with Crippen molar-refractivity contribution in [2.75, 3.05) is 57.3 Å². The molecular formula is C61H103N12O23P3S2. The monoisotopic (exact) mass is 1530 g/mol. The molecule has 8 atom stereocenters. The van der Waals surface area contributed by atoms with Gasteiger partial charge < -0.3 is 97.6 Å². The van der Waals surface area contributed by atoms with Gasteiger partial charge in [-0.1, -0.05) is 60.1 Å². The smallest absolute Gasteiger partial charge is 0.384 e. The first-order valence-electron chi connectivity index (χ1n) is 33.4. The minimum atomic E-state index is -5.65. The minimum absolute atomic E-state index is 0.00593. The predicted molar refractivity (Wildman–Crippen MR) is 373 cm³/mol. The third-order valence-electron chi connectivity index (χ3n) is 16.0. The molecule has 35 nitrogen and oxygen atoms in total. The number of hydrogen-bond donors (Lipinski definition) is 18. The van der Waals surface area contributed by atoms with Crippen molar-refractivity contribution in [3.63, 3.8) is 0 Å². The highest BCUT2D eigenvalue weighted by Crippen LogP contribution is 2.69. The van der Waals surface area contributed by atoms with Gasteiger partial charge in [-0.2, -0.15) is 0 Å². The number of aromatic hydroxyl groups is 1. The van der Waals surface area contributed by atoms with Gasteiger partial charge in [0.1, 0.15) is 48.0 Å². The molecule has 0 radical (unpaired) electrons. The topological polar surface area (TPSA) is 545 Å². The van der Waals surface area contributed by atoms with E-state index in [4.69, 9.17) is 9.79 Å². The summed E-state index contributed by atoms with van der Waals surface area (Å²) in [6, 6.07) is -2.71. The fourth-order valence-electron chi connectivity index (χ4n) is 10.8. The van der Waals surface area contributed by atoms with E-state index in [1.165, 1.54) is 43.0 Å². The number of thioether (sulfide) groups is 1. The van der Waals surface area contributed by atoms with Crippen LogP contribution in [0.1, 0.15) is 144 Å². The quantitative estimate of drug-likeness (QED) is 0.0219. The van der Waals surface area contributed by atoms with Gasteiger partial charge in [-0.3, -0.25) is 71.6 Å². The Bertz CT molecular complexity index is 3140. The van der Waals surface area contributed by atoms with Crippen LogP contribution in [-0.4, -0.2) is 230 Å². The summed E-state index contributed by atoms with van der Waals surface area (Å²) in [6.07, 6.45) is 0.552. The average molecular weight is 1530 g/mol. The molecule has 2 heterocycles. The fraction of sp³-hybridized carbons (Fsp3) is 0.705. The molecule has 1 aromatic carbocycles. The number of carbonyl (C=O) groups is 12. The summed E-state index contributed by atoms with van der Waals surface area (Å²) in [5.74, 6) is -8.43. The minimum Gasteiger partial charge on any atom is -0.508 e. The van der Waals surface area contributed by atoms with Crippen LogP contribution < -0.4 is 53.2 Å². The highest BCUT2D eigenvalue weighted by molar-refractivity contribution is 8.54. The van der Waals surface area contributed by atoms with Crippen molar-refractivity contribution in [3.8, 4) is 5.75 Å². The zero-order valence-corrected chi connectivity index (χ0v) is 62.5. The number of amides is 12. The summed E-state index contributed by atoms with van der Waals surface area (Å²) in [7, 11) is -11.3. The predicted octanol–water partition coefficient (Wildman–Crippen LogP) is -0.630. The molecule has 0 bridgehead atoms. The Morgan fingerprint density at radius 3 is 1.76 bits per heavy atom. The first kappa shape index (κ1) is 89.1. The molecule has 2 aliphatic heterocycles. The van der Waals surface area contributed by atoms with Crippen molar-refractivity contribution in [1.82, 2.24) is 63.0 Å². The lowest BCUT2D eigenvalue weighted by Gasteiger charge is -2.30. The van der Waals surface area contributed by atoms with Gasteiger partial charge in [-0.25, -0.2) is 4.57 Å². The van der Waals surface area contributed by atoms with Gasteiger partial charge >= 0.3 is 22.0 Å². The first-order valence-corrected chi connectivity index (χ1v) is 40.9. The molecule has 2 fully saturated rings. The number of phenols is 1. The lowest BCUT2D eigenvalue weighted by Crippen LogP contribution is -2.59. The molecule has 101 heavy (non-hydrogen) atoms. The van der Waals surface area contributed by atoms with Crippen molar-refractivity contribution in [3.05, 3.63) is 29.8 Å². The standard InChI is InChI=1S/C61H103N12O23P3S2/c1-36(2)29-43(54(80)64-24-14-22-62-25-28-101-99(94,95)96)69-53(79)39(7)66-56(82)46(32-41-17-19-42(75)20-18-41)70-57(83)45(31-38(5)6)68-51(77)34-65-55(81)44(30-37(3)4)71-58(84)48-15-12-27-72(48)59(85)47(67-40(8)74)35-100-49-33-52(78)73(60(49)86)26-11-9-10-16-50(76)63-23-13-21-61(87,97(88,89)90)98(91,92)93/h17-20,36-39,43-49,62,75,87H,9-16,21-35H2,1-8H3,(H,63,76)(H,64,80)(H,65,81)(H,66,82)(H,67,74)(H,68,77)(H,69,79)(H,70,83)(H,71,84)(H2,88,89,90)(H2,91,92,93)(H2,94,95,96)/t39-,43-,44-,45-,46-,47-,48-,49?/m0/s1. The summed E-state index contributed by atoms with van der Waals surface area (Å²) < 4.78 is 34.2. The van der Waals surface area contributed by atoms with E-state index in [2.05, 4.69) is 53.2 Å². The Morgan fingerprint density at radius 1 is 0.614 bits per heavy atom. The van der Waals surface area contributed by atoms with Crippen LogP contribution in [0.4, 0.5) is 0 Å². The second-order valence-electron chi connectivity index (χ2n) is 26.2. The highest BCUT2D eigenvalue weighted by Gasteiger charge is 2.58. The maximum Gasteiger partial charge on any atom is 0.384 e. The lowest BCUT2D eigenvalue weighted by atomic mass is 10.0. The van der Waals surface area contributed by atoms with Crippen LogP contribution in [0.25, 0.3) is 0 Å². The Hall–Kier alpha value is -6.07. The van der Waals surface area contributed by atoms with Crippen LogP contribution >= 0.6 is 45.1 Å². The maximum atomic E-state index is 14.3. The van der Waals surface area contributed by atoms with Gasteiger partial charge in [0, 0.05) is 76.8 Å². The summed E-state index contributed by atoms with van der Waals surface area (Å²) >= 11 is 1.48. The number of nitrogens with zero attached hydrogens (tertiary/aromatic N) is 2. The van der Waals surface area contributed by atoms with E-state index in [1.54, 1.807) is 27.7 Å². The summed E-state index contributed by atoms with van der Waals surface area (Å²) in [4.78, 5) is 220. The van der Waals surface area contributed by atoms with Crippen molar-refractivity contribution in [1.29, 1.82) is 0 Å².